The van der Waals surface area contributed by atoms with Gasteiger partial charge >= 0.3 is 5.97 Å². The van der Waals surface area contributed by atoms with E-state index in [9.17, 15) is 4.79 Å². The van der Waals surface area contributed by atoms with E-state index >= 15 is 0 Å². The topological polar surface area (TPSA) is 81.7 Å². The quantitative estimate of drug-likeness (QED) is 0.267. The third kappa shape index (κ3) is 11.7. The molecule has 0 saturated heterocycles. The zero-order valence-electron chi connectivity index (χ0n) is 16.7. The van der Waals surface area contributed by atoms with Crippen LogP contribution >= 0.6 is 0 Å². The van der Waals surface area contributed by atoms with E-state index in [-0.39, 0.29) is 28.1 Å². The number of hydrogen-bond acceptors (Lipinski definition) is 8. The second-order valence-electron chi connectivity index (χ2n) is 6.47. The molecule has 0 aromatic rings. The van der Waals surface area contributed by atoms with Crippen molar-refractivity contribution in [3.63, 3.8) is 0 Å². The average molecular weight is 411 g/mol. The Hall–Kier alpha value is -1.03. The predicted octanol–water partition coefficient (Wildman–Crippen LogP) is 2.21. The minimum atomic E-state index is -0.638. The van der Waals surface area contributed by atoms with Crippen LogP contribution in [0.1, 0.15) is 14.9 Å². The van der Waals surface area contributed by atoms with Gasteiger partial charge in [0.2, 0.25) is 0 Å². The Morgan fingerprint density at radius 1 is 0.679 bits per heavy atom. The SMILES string of the molecule is C.C.C=CC(=O)OCC(COC)(COC)COCC(COC)(COC)COC. The molecule has 0 spiro atoms. The summed E-state index contributed by atoms with van der Waals surface area (Å²) in [5.41, 5.74) is -1.08. The molecule has 8 heteroatoms. The molecule has 0 bridgehead atoms. The van der Waals surface area contributed by atoms with Gasteiger partial charge in [-0.1, -0.05) is 21.4 Å². The van der Waals surface area contributed by atoms with Crippen molar-refractivity contribution in [3.8, 4) is 0 Å². The summed E-state index contributed by atoms with van der Waals surface area (Å²) in [6.45, 7) is 5.95. The van der Waals surface area contributed by atoms with Crippen LogP contribution in [-0.2, 0) is 38.0 Å². The Labute approximate surface area is 171 Å². The molecule has 0 aliphatic rings. The van der Waals surface area contributed by atoms with Gasteiger partial charge in [-0.05, 0) is 0 Å². The number of methoxy groups -OCH3 is 5. The lowest BCUT2D eigenvalue weighted by atomic mass is 9.90. The Balaban J connectivity index is -0.00000312. The normalized spacial score (nSPS) is 11.3. The Bertz CT molecular complexity index is 363. The van der Waals surface area contributed by atoms with Crippen LogP contribution in [0.25, 0.3) is 0 Å². The lowest BCUT2D eigenvalue weighted by Crippen LogP contribution is -2.45. The van der Waals surface area contributed by atoms with Crippen molar-refractivity contribution >= 4 is 5.97 Å². The van der Waals surface area contributed by atoms with E-state index in [2.05, 4.69) is 6.58 Å². The highest BCUT2D eigenvalue weighted by molar-refractivity contribution is 5.81. The summed E-state index contributed by atoms with van der Waals surface area (Å²) in [6.07, 6.45) is 1.12. The molecule has 0 amide bonds. The summed E-state index contributed by atoms with van der Waals surface area (Å²) >= 11 is 0. The van der Waals surface area contributed by atoms with Gasteiger partial charge < -0.3 is 33.2 Å². The lowest BCUT2D eigenvalue weighted by molar-refractivity contribution is -0.152. The highest BCUT2D eigenvalue weighted by Gasteiger charge is 2.36. The Morgan fingerprint density at radius 3 is 1.29 bits per heavy atom. The summed E-state index contributed by atoms with van der Waals surface area (Å²) < 4.78 is 37.7. The number of rotatable bonds is 17. The molecule has 170 valence electrons. The fourth-order valence-corrected chi connectivity index (χ4v) is 2.80. The summed E-state index contributed by atoms with van der Waals surface area (Å²) in [7, 11) is 8.01. The van der Waals surface area contributed by atoms with Gasteiger partial charge in [0.1, 0.15) is 6.61 Å². The molecular formula is C20H42O8. The molecule has 0 aromatic carbocycles. The highest BCUT2D eigenvalue weighted by atomic mass is 16.5. The maximum absolute atomic E-state index is 11.4. The van der Waals surface area contributed by atoms with Crippen molar-refractivity contribution < 1.29 is 38.0 Å². The van der Waals surface area contributed by atoms with E-state index in [1.54, 1.807) is 35.5 Å². The van der Waals surface area contributed by atoms with E-state index in [0.29, 0.717) is 39.6 Å². The van der Waals surface area contributed by atoms with Crippen molar-refractivity contribution in [2.24, 2.45) is 10.8 Å². The van der Waals surface area contributed by atoms with Crippen LogP contribution in [-0.4, -0.2) is 94.4 Å². The molecule has 8 nitrogen and oxygen atoms in total. The van der Waals surface area contributed by atoms with Crippen molar-refractivity contribution in [2.75, 3.05) is 88.4 Å². The van der Waals surface area contributed by atoms with Gasteiger partial charge in [-0.2, -0.15) is 0 Å². The Kier molecular flexibility index (Phi) is 20.4. The molecule has 0 fully saturated rings. The molecule has 0 N–H and O–H groups in total. The van der Waals surface area contributed by atoms with Gasteiger partial charge in [0.05, 0.1) is 57.1 Å². The fraction of sp³-hybridized carbons (Fsp3) is 0.850. The van der Waals surface area contributed by atoms with Crippen molar-refractivity contribution in [2.45, 2.75) is 14.9 Å². The second kappa shape index (κ2) is 18.0. The van der Waals surface area contributed by atoms with Gasteiger partial charge in [0.15, 0.2) is 0 Å². The number of ether oxygens (including phenoxy) is 7. The maximum atomic E-state index is 11.4. The summed E-state index contributed by atoms with van der Waals surface area (Å²) in [5.74, 6) is -0.505. The molecule has 0 atom stereocenters. The van der Waals surface area contributed by atoms with Crippen molar-refractivity contribution in [3.05, 3.63) is 12.7 Å². The second-order valence-corrected chi connectivity index (χ2v) is 6.47. The monoisotopic (exact) mass is 410 g/mol. The standard InChI is InChI=1S/C18H34O8.2CH4/c1-7-16(19)26-15-18(11-23-5,12-24-6)14-25-13-17(8-20-2,9-21-3)10-22-4;;/h7H,1,8-15H2,2-6H3;2*1H4. The van der Waals surface area contributed by atoms with Crippen LogP contribution < -0.4 is 0 Å². The van der Waals surface area contributed by atoms with Crippen LogP contribution in [0.15, 0.2) is 12.7 Å². The van der Waals surface area contributed by atoms with E-state index in [0.717, 1.165) is 6.08 Å². The lowest BCUT2D eigenvalue weighted by Gasteiger charge is -2.35. The molecule has 0 aliphatic heterocycles. The molecule has 0 saturated carbocycles. The minimum Gasteiger partial charge on any atom is -0.462 e. The number of carbonyl (C=O) groups is 1. The van der Waals surface area contributed by atoms with Gasteiger partial charge in [-0.15, -0.1) is 0 Å². The minimum absolute atomic E-state index is 0. The maximum Gasteiger partial charge on any atom is 0.330 e. The Morgan fingerprint density at radius 2 is 1.00 bits per heavy atom. The molecule has 0 radical (unpaired) electrons. The number of hydrogen-bond donors (Lipinski definition) is 0. The first-order chi connectivity index (χ1) is 12.5. The molecule has 0 unspecified atom stereocenters. The van der Waals surface area contributed by atoms with Crippen LogP contribution in [0.2, 0.25) is 0 Å². The molecule has 0 rings (SSSR count). The number of esters is 1. The molecule has 0 aromatic heterocycles. The first kappa shape index (κ1) is 31.7. The highest BCUT2D eigenvalue weighted by Crippen LogP contribution is 2.24. The molecule has 0 heterocycles. The molecule has 28 heavy (non-hydrogen) atoms. The zero-order valence-corrected chi connectivity index (χ0v) is 16.7. The first-order valence-corrected chi connectivity index (χ1v) is 8.28. The summed E-state index contributed by atoms with van der Waals surface area (Å²) in [5, 5.41) is 0. The predicted molar refractivity (Wildman–Crippen MR) is 110 cm³/mol. The molecule has 0 aliphatic carbocycles. The van der Waals surface area contributed by atoms with E-state index in [4.69, 9.17) is 33.2 Å². The van der Waals surface area contributed by atoms with Crippen molar-refractivity contribution in [1.29, 1.82) is 0 Å². The van der Waals surface area contributed by atoms with Gasteiger partial charge in [-0.25, -0.2) is 4.79 Å². The van der Waals surface area contributed by atoms with Gasteiger partial charge in [0.25, 0.3) is 0 Å². The summed E-state index contributed by atoms with van der Waals surface area (Å²) in [4.78, 5) is 11.4. The van der Waals surface area contributed by atoms with E-state index < -0.39 is 16.8 Å². The third-order valence-corrected chi connectivity index (χ3v) is 3.76. The van der Waals surface area contributed by atoms with Crippen LogP contribution in [0.4, 0.5) is 0 Å². The van der Waals surface area contributed by atoms with Crippen LogP contribution in [0, 0.1) is 10.8 Å². The number of carbonyl (C=O) groups excluding carboxylic acids is 1. The van der Waals surface area contributed by atoms with Gasteiger partial charge in [-0.3, -0.25) is 0 Å². The van der Waals surface area contributed by atoms with Crippen molar-refractivity contribution in [1.82, 2.24) is 0 Å². The van der Waals surface area contributed by atoms with Crippen LogP contribution in [0.3, 0.4) is 0 Å². The smallest absolute Gasteiger partial charge is 0.330 e. The average Bonchev–Trinajstić information content (AvgIpc) is 2.61. The van der Waals surface area contributed by atoms with E-state index in [1.807, 2.05) is 0 Å². The third-order valence-electron chi connectivity index (χ3n) is 3.76. The van der Waals surface area contributed by atoms with E-state index in [1.165, 1.54) is 0 Å². The van der Waals surface area contributed by atoms with Gasteiger partial charge in [0, 0.05) is 41.6 Å². The fourth-order valence-electron chi connectivity index (χ4n) is 2.80. The largest absolute Gasteiger partial charge is 0.462 e. The zero-order chi connectivity index (χ0) is 19.9. The van der Waals surface area contributed by atoms with Crippen LogP contribution in [0.5, 0.6) is 0 Å². The first-order valence-electron chi connectivity index (χ1n) is 8.28. The molecular weight excluding hydrogens is 368 g/mol. The summed E-state index contributed by atoms with van der Waals surface area (Å²) in [6, 6.07) is 0.